The molecule has 0 aliphatic carbocycles. The molecule has 106 valence electrons. The van der Waals surface area contributed by atoms with Crippen molar-refractivity contribution in [3.05, 3.63) is 54.1 Å². The first-order valence-corrected chi connectivity index (χ1v) is 6.77. The van der Waals surface area contributed by atoms with Gasteiger partial charge in [-0.25, -0.2) is 4.39 Å². The summed E-state index contributed by atoms with van der Waals surface area (Å²) in [6.07, 6.45) is 4.19. The molecule has 0 aliphatic heterocycles. The second kappa shape index (κ2) is 7.12. The van der Waals surface area contributed by atoms with Crippen LogP contribution in [0.3, 0.4) is 0 Å². The van der Waals surface area contributed by atoms with Crippen LogP contribution in [-0.2, 0) is 6.54 Å². The minimum absolute atomic E-state index is 0.00859. The Labute approximate surface area is 118 Å². The van der Waals surface area contributed by atoms with Crippen LogP contribution in [0.5, 0.6) is 0 Å². The second-order valence-corrected chi connectivity index (χ2v) is 4.71. The molecule has 2 N–H and O–H groups in total. The highest BCUT2D eigenvalue weighted by Gasteiger charge is 2.08. The Balaban J connectivity index is 2.10. The van der Waals surface area contributed by atoms with Gasteiger partial charge in [-0.15, -0.1) is 0 Å². The highest BCUT2D eigenvalue weighted by atomic mass is 19.1. The number of aliphatic hydroxyl groups is 1. The maximum absolute atomic E-state index is 14.1. The highest BCUT2D eigenvalue weighted by molar-refractivity contribution is 5.63. The van der Waals surface area contributed by atoms with Gasteiger partial charge in [-0.1, -0.05) is 19.1 Å². The van der Waals surface area contributed by atoms with E-state index in [1.807, 2.05) is 25.1 Å². The van der Waals surface area contributed by atoms with Crippen molar-refractivity contribution in [1.82, 2.24) is 10.3 Å². The van der Waals surface area contributed by atoms with Crippen molar-refractivity contribution in [2.75, 3.05) is 6.61 Å². The van der Waals surface area contributed by atoms with Crippen LogP contribution in [0.2, 0.25) is 0 Å². The number of aliphatic hydroxyl groups excluding tert-OH is 1. The van der Waals surface area contributed by atoms with Crippen LogP contribution < -0.4 is 5.32 Å². The van der Waals surface area contributed by atoms with E-state index >= 15 is 0 Å². The summed E-state index contributed by atoms with van der Waals surface area (Å²) in [6, 6.07) is 8.93. The Morgan fingerprint density at radius 3 is 2.55 bits per heavy atom. The molecule has 1 aromatic carbocycles. The van der Waals surface area contributed by atoms with Gasteiger partial charge in [0.05, 0.1) is 6.61 Å². The maximum atomic E-state index is 14.1. The summed E-state index contributed by atoms with van der Waals surface area (Å²) < 4.78 is 14.1. The Kier molecular flexibility index (Phi) is 5.21. The van der Waals surface area contributed by atoms with Crippen molar-refractivity contribution in [2.45, 2.75) is 25.9 Å². The number of nitrogens with zero attached hydrogens (tertiary/aromatic N) is 1. The van der Waals surface area contributed by atoms with Crippen LogP contribution in [0.25, 0.3) is 11.1 Å². The van der Waals surface area contributed by atoms with Gasteiger partial charge in [0.1, 0.15) is 5.82 Å². The van der Waals surface area contributed by atoms with Crippen LogP contribution in [0, 0.1) is 5.82 Å². The van der Waals surface area contributed by atoms with Crippen LogP contribution in [-0.4, -0.2) is 22.7 Å². The van der Waals surface area contributed by atoms with Gasteiger partial charge in [0, 0.05) is 30.5 Å². The van der Waals surface area contributed by atoms with Gasteiger partial charge in [-0.2, -0.15) is 0 Å². The van der Waals surface area contributed by atoms with E-state index in [0.29, 0.717) is 12.1 Å². The van der Waals surface area contributed by atoms with Gasteiger partial charge in [-0.3, -0.25) is 4.98 Å². The first-order valence-electron chi connectivity index (χ1n) is 6.77. The summed E-state index contributed by atoms with van der Waals surface area (Å²) in [5.41, 5.74) is 2.39. The molecule has 20 heavy (non-hydrogen) atoms. The molecule has 1 aromatic heterocycles. The number of halogens is 1. The molecule has 2 aromatic rings. The molecule has 0 amide bonds. The van der Waals surface area contributed by atoms with Gasteiger partial charge >= 0.3 is 0 Å². The van der Waals surface area contributed by atoms with Crippen molar-refractivity contribution in [3.63, 3.8) is 0 Å². The zero-order valence-electron chi connectivity index (χ0n) is 11.5. The summed E-state index contributed by atoms with van der Waals surface area (Å²) in [7, 11) is 0. The fraction of sp³-hybridized carbons (Fsp3) is 0.312. The molecule has 0 saturated carbocycles. The maximum Gasteiger partial charge on any atom is 0.128 e. The fourth-order valence-corrected chi connectivity index (χ4v) is 2.01. The third kappa shape index (κ3) is 3.62. The molecule has 0 radical (unpaired) electrons. The molecular weight excluding hydrogens is 255 g/mol. The second-order valence-electron chi connectivity index (χ2n) is 4.71. The zero-order chi connectivity index (χ0) is 14.4. The van der Waals surface area contributed by atoms with Crippen molar-refractivity contribution < 1.29 is 9.50 Å². The smallest absolute Gasteiger partial charge is 0.128 e. The van der Waals surface area contributed by atoms with E-state index in [1.54, 1.807) is 18.5 Å². The number of pyridine rings is 1. The van der Waals surface area contributed by atoms with E-state index in [9.17, 15) is 4.39 Å². The van der Waals surface area contributed by atoms with Crippen molar-refractivity contribution >= 4 is 0 Å². The van der Waals surface area contributed by atoms with Crippen molar-refractivity contribution in [2.24, 2.45) is 0 Å². The van der Waals surface area contributed by atoms with E-state index in [0.717, 1.165) is 17.5 Å². The van der Waals surface area contributed by atoms with E-state index in [2.05, 4.69) is 10.3 Å². The molecule has 0 bridgehead atoms. The predicted molar refractivity (Wildman–Crippen MR) is 77.6 cm³/mol. The predicted octanol–water partition coefficient (Wildman–Crippen LogP) is 2.75. The molecular formula is C16H19FN2O. The summed E-state index contributed by atoms with van der Waals surface area (Å²) in [4.78, 5) is 3.95. The summed E-state index contributed by atoms with van der Waals surface area (Å²) in [5.74, 6) is -0.236. The van der Waals surface area contributed by atoms with Gasteiger partial charge in [0.15, 0.2) is 0 Å². The average molecular weight is 274 g/mol. The van der Waals surface area contributed by atoms with E-state index in [4.69, 9.17) is 5.11 Å². The first-order chi connectivity index (χ1) is 9.74. The standard InChI is InChI=1S/C16H19FN2O/c1-2-15(11-20)19-10-14-4-3-13(9-16(14)17)12-5-7-18-8-6-12/h3-9,15,19-20H,2,10-11H2,1H3. The number of nitrogens with one attached hydrogen (secondary N) is 1. The summed E-state index contributed by atoms with van der Waals surface area (Å²) in [5, 5.41) is 12.2. The van der Waals surface area contributed by atoms with E-state index < -0.39 is 0 Å². The Morgan fingerprint density at radius 1 is 1.20 bits per heavy atom. The Bertz CT molecular complexity index is 541. The molecule has 0 aliphatic rings. The number of benzene rings is 1. The molecule has 3 nitrogen and oxygen atoms in total. The SMILES string of the molecule is CCC(CO)NCc1ccc(-c2ccncc2)cc1F. The van der Waals surface area contributed by atoms with Gasteiger partial charge in [0.2, 0.25) is 0 Å². The Morgan fingerprint density at radius 2 is 1.95 bits per heavy atom. The third-order valence-corrected chi connectivity index (χ3v) is 3.36. The highest BCUT2D eigenvalue weighted by Crippen LogP contribution is 2.21. The van der Waals surface area contributed by atoms with Crippen LogP contribution >= 0.6 is 0 Å². The van der Waals surface area contributed by atoms with Crippen LogP contribution in [0.1, 0.15) is 18.9 Å². The number of hydrogen-bond donors (Lipinski definition) is 2. The first kappa shape index (κ1) is 14.6. The molecule has 0 saturated heterocycles. The van der Waals surface area contributed by atoms with Gasteiger partial charge in [-0.05, 0) is 35.7 Å². The van der Waals surface area contributed by atoms with Crippen molar-refractivity contribution in [3.8, 4) is 11.1 Å². The lowest BCUT2D eigenvalue weighted by Crippen LogP contribution is -2.31. The molecule has 1 heterocycles. The molecule has 4 heteroatoms. The van der Waals surface area contributed by atoms with Crippen LogP contribution in [0.15, 0.2) is 42.7 Å². The van der Waals surface area contributed by atoms with Gasteiger partial charge < -0.3 is 10.4 Å². The third-order valence-electron chi connectivity index (χ3n) is 3.36. The van der Waals surface area contributed by atoms with Crippen molar-refractivity contribution in [1.29, 1.82) is 0 Å². The number of rotatable bonds is 6. The van der Waals surface area contributed by atoms with Crippen LogP contribution in [0.4, 0.5) is 4.39 Å². The minimum atomic E-state index is -0.236. The number of aromatic nitrogens is 1. The largest absolute Gasteiger partial charge is 0.395 e. The number of hydrogen-bond acceptors (Lipinski definition) is 3. The molecule has 1 atom stereocenters. The summed E-state index contributed by atoms with van der Waals surface area (Å²) >= 11 is 0. The molecule has 2 rings (SSSR count). The topological polar surface area (TPSA) is 45.1 Å². The quantitative estimate of drug-likeness (QED) is 0.851. The Hall–Kier alpha value is -1.78. The van der Waals surface area contributed by atoms with E-state index in [1.165, 1.54) is 6.07 Å². The lowest BCUT2D eigenvalue weighted by atomic mass is 10.0. The molecule has 0 spiro atoms. The average Bonchev–Trinajstić information content (AvgIpc) is 2.50. The molecule has 1 unspecified atom stereocenters. The summed E-state index contributed by atoms with van der Waals surface area (Å²) in [6.45, 7) is 2.46. The fourth-order valence-electron chi connectivity index (χ4n) is 2.01. The normalized spacial score (nSPS) is 12.3. The lowest BCUT2D eigenvalue weighted by Gasteiger charge is -2.14. The monoisotopic (exact) mass is 274 g/mol. The molecule has 0 fully saturated rings. The van der Waals surface area contributed by atoms with E-state index in [-0.39, 0.29) is 18.5 Å². The minimum Gasteiger partial charge on any atom is -0.395 e. The lowest BCUT2D eigenvalue weighted by molar-refractivity contribution is 0.238. The van der Waals surface area contributed by atoms with Gasteiger partial charge in [0.25, 0.3) is 0 Å². The zero-order valence-corrected chi connectivity index (χ0v) is 11.5.